The molecular formula is C20H31N5O2. The Bertz CT molecular complexity index is 747. The first-order chi connectivity index (χ1) is 13.1. The maximum Gasteiger partial charge on any atom is 0.146 e. The molecule has 4 heterocycles. The van der Waals surface area contributed by atoms with Crippen molar-refractivity contribution in [2.45, 2.75) is 57.7 Å². The summed E-state index contributed by atoms with van der Waals surface area (Å²) in [5, 5.41) is 18.7. The minimum Gasteiger partial charge on any atom is -0.465 e. The van der Waals surface area contributed by atoms with Gasteiger partial charge in [-0.2, -0.15) is 0 Å². The van der Waals surface area contributed by atoms with Gasteiger partial charge in [-0.25, -0.2) is 0 Å². The normalized spacial score (nSPS) is 23.1. The van der Waals surface area contributed by atoms with Crippen LogP contribution in [0.15, 0.2) is 16.5 Å². The number of aliphatic hydroxyl groups excluding tert-OH is 1. The van der Waals surface area contributed by atoms with E-state index in [-0.39, 0.29) is 6.10 Å². The van der Waals surface area contributed by atoms with Gasteiger partial charge >= 0.3 is 0 Å². The monoisotopic (exact) mass is 373 g/mol. The maximum atomic E-state index is 9.68. The highest BCUT2D eigenvalue weighted by Crippen LogP contribution is 2.27. The van der Waals surface area contributed by atoms with Crippen LogP contribution in [0.3, 0.4) is 0 Å². The molecule has 148 valence electrons. The van der Waals surface area contributed by atoms with Crippen molar-refractivity contribution in [3.8, 4) is 0 Å². The topological polar surface area (TPSA) is 70.6 Å². The van der Waals surface area contributed by atoms with Gasteiger partial charge < -0.3 is 14.1 Å². The van der Waals surface area contributed by atoms with Crippen LogP contribution in [0.4, 0.5) is 0 Å². The number of aryl methyl sites for hydroxylation is 1. The van der Waals surface area contributed by atoms with Gasteiger partial charge in [0.25, 0.3) is 0 Å². The first kappa shape index (κ1) is 18.7. The van der Waals surface area contributed by atoms with Gasteiger partial charge in [0.2, 0.25) is 0 Å². The second kappa shape index (κ2) is 8.12. The summed E-state index contributed by atoms with van der Waals surface area (Å²) in [6.07, 6.45) is 3.91. The van der Waals surface area contributed by atoms with Crippen LogP contribution in [-0.2, 0) is 20.1 Å². The van der Waals surface area contributed by atoms with Crippen LogP contribution in [0, 0.1) is 6.92 Å². The largest absolute Gasteiger partial charge is 0.465 e. The van der Waals surface area contributed by atoms with Crippen LogP contribution in [-0.4, -0.2) is 62.0 Å². The zero-order chi connectivity index (χ0) is 18.8. The molecule has 0 aromatic carbocycles. The van der Waals surface area contributed by atoms with E-state index in [4.69, 9.17) is 4.42 Å². The number of rotatable bonds is 5. The van der Waals surface area contributed by atoms with Crippen molar-refractivity contribution in [2.75, 3.05) is 26.2 Å². The number of nitrogens with zero attached hydrogens (tertiary/aromatic N) is 5. The Morgan fingerprint density at radius 1 is 1.07 bits per heavy atom. The lowest BCUT2D eigenvalue weighted by atomic mass is 9.97. The molecule has 2 aromatic rings. The van der Waals surface area contributed by atoms with Gasteiger partial charge in [0, 0.05) is 32.6 Å². The van der Waals surface area contributed by atoms with Crippen molar-refractivity contribution >= 4 is 0 Å². The van der Waals surface area contributed by atoms with Gasteiger partial charge in [0.1, 0.15) is 23.2 Å². The molecule has 7 nitrogen and oxygen atoms in total. The van der Waals surface area contributed by atoms with E-state index in [1.54, 1.807) is 0 Å². The van der Waals surface area contributed by atoms with Crippen LogP contribution in [0.1, 0.15) is 54.8 Å². The SMILES string of the molecule is Cc1ccc(CN2CCC[C@@H](c3nnc(CN4CCC(O)CC4)n3C)C2)o1. The van der Waals surface area contributed by atoms with Gasteiger partial charge in [-0.05, 0) is 51.3 Å². The lowest BCUT2D eigenvalue weighted by molar-refractivity contribution is 0.0775. The summed E-state index contributed by atoms with van der Waals surface area (Å²) in [5.41, 5.74) is 0. The first-order valence-corrected chi connectivity index (χ1v) is 10.1. The van der Waals surface area contributed by atoms with E-state index in [0.717, 1.165) is 81.7 Å². The highest BCUT2D eigenvalue weighted by Gasteiger charge is 2.27. The van der Waals surface area contributed by atoms with Crippen molar-refractivity contribution in [3.05, 3.63) is 35.3 Å². The number of piperidine rings is 2. The minimum atomic E-state index is -0.137. The van der Waals surface area contributed by atoms with Crippen LogP contribution in [0.2, 0.25) is 0 Å². The fourth-order valence-electron chi connectivity index (χ4n) is 4.35. The molecule has 2 saturated heterocycles. The average Bonchev–Trinajstić information content (AvgIpc) is 3.23. The zero-order valence-electron chi connectivity index (χ0n) is 16.5. The van der Waals surface area contributed by atoms with Crippen LogP contribution < -0.4 is 0 Å². The number of furan rings is 1. The van der Waals surface area contributed by atoms with Gasteiger partial charge in [0.05, 0.1) is 19.2 Å². The van der Waals surface area contributed by atoms with E-state index in [2.05, 4.69) is 37.7 Å². The van der Waals surface area contributed by atoms with Gasteiger partial charge in [0.15, 0.2) is 0 Å². The third-order valence-electron chi connectivity index (χ3n) is 5.97. The van der Waals surface area contributed by atoms with Crippen molar-refractivity contribution in [2.24, 2.45) is 7.05 Å². The number of aliphatic hydroxyl groups is 1. The van der Waals surface area contributed by atoms with Crippen molar-refractivity contribution in [1.29, 1.82) is 0 Å². The Kier molecular flexibility index (Phi) is 5.61. The van der Waals surface area contributed by atoms with E-state index >= 15 is 0 Å². The lowest BCUT2D eigenvalue weighted by Crippen LogP contribution is -2.36. The third-order valence-corrected chi connectivity index (χ3v) is 5.97. The summed E-state index contributed by atoms with van der Waals surface area (Å²) in [5.74, 6) is 4.56. The molecule has 0 bridgehead atoms. The molecule has 0 saturated carbocycles. The quantitative estimate of drug-likeness (QED) is 0.865. The van der Waals surface area contributed by atoms with Crippen molar-refractivity contribution < 1.29 is 9.52 Å². The predicted octanol–water partition coefficient (Wildman–Crippen LogP) is 2.05. The highest BCUT2D eigenvalue weighted by molar-refractivity contribution is 5.07. The Balaban J connectivity index is 1.38. The van der Waals surface area contributed by atoms with E-state index in [9.17, 15) is 5.11 Å². The van der Waals surface area contributed by atoms with Crippen molar-refractivity contribution in [3.63, 3.8) is 0 Å². The standard InChI is InChI=1S/C20H31N5O2/c1-15-5-6-18(27-15)13-25-9-3-4-16(12-25)20-22-21-19(23(20)2)14-24-10-7-17(26)8-11-24/h5-6,16-17,26H,3-4,7-14H2,1-2H3/t16-/m1/s1. The summed E-state index contributed by atoms with van der Waals surface area (Å²) in [7, 11) is 2.10. The molecule has 1 N–H and O–H groups in total. The molecule has 27 heavy (non-hydrogen) atoms. The highest BCUT2D eigenvalue weighted by atomic mass is 16.3. The molecule has 0 unspecified atom stereocenters. The van der Waals surface area contributed by atoms with E-state index in [1.165, 1.54) is 6.42 Å². The molecule has 0 amide bonds. The summed E-state index contributed by atoms with van der Waals surface area (Å²) in [6.45, 7) is 7.65. The fraction of sp³-hybridized carbons (Fsp3) is 0.700. The minimum absolute atomic E-state index is 0.137. The van der Waals surface area contributed by atoms with Crippen LogP contribution >= 0.6 is 0 Å². The summed E-state index contributed by atoms with van der Waals surface area (Å²) in [4.78, 5) is 4.83. The average molecular weight is 374 g/mol. The first-order valence-electron chi connectivity index (χ1n) is 10.1. The second-order valence-electron chi connectivity index (χ2n) is 8.13. The molecule has 4 rings (SSSR count). The maximum absolute atomic E-state index is 9.68. The summed E-state index contributed by atoms with van der Waals surface area (Å²) < 4.78 is 7.94. The second-order valence-corrected chi connectivity index (χ2v) is 8.13. The van der Waals surface area contributed by atoms with Crippen molar-refractivity contribution in [1.82, 2.24) is 24.6 Å². The molecule has 2 aliphatic heterocycles. The number of likely N-dealkylation sites (tertiary alicyclic amines) is 2. The fourth-order valence-corrected chi connectivity index (χ4v) is 4.35. The Morgan fingerprint density at radius 3 is 2.63 bits per heavy atom. The van der Waals surface area contributed by atoms with E-state index in [0.29, 0.717) is 5.92 Å². The molecule has 1 atom stereocenters. The Hall–Kier alpha value is -1.70. The Morgan fingerprint density at radius 2 is 1.89 bits per heavy atom. The smallest absolute Gasteiger partial charge is 0.146 e. The predicted molar refractivity (Wildman–Crippen MR) is 102 cm³/mol. The number of hydrogen-bond donors (Lipinski definition) is 1. The Labute approximate surface area is 161 Å². The number of aromatic nitrogens is 3. The molecule has 2 aliphatic rings. The summed E-state index contributed by atoms with van der Waals surface area (Å²) >= 11 is 0. The zero-order valence-corrected chi connectivity index (χ0v) is 16.5. The van der Waals surface area contributed by atoms with E-state index in [1.807, 2.05) is 13.0 Å². The third kappa shape index (κ3) is 4.42. The van der Waals surface area contributed by atoms with Gasteiger partial charge in [-0.1, -0.05) is 0 Å². The molecule has 0 spiro atoms. The molecule has 0 radical (unpaired) electrons. The van der Waals surface area contributed by atoms with Gasteiger partial charge in [-0.3, -0.25) is 9.80 Å². The molecule has 2 aromatic heterocycles. The molecule has 2 fully saturated rings. The summed E-state index contributed by atoms with van der Waals surface area (Å²) in [6, 6.07) is 4.11. The van der Waals surface area contributed by atoms with Gasteiger partial charge in [-0.15, -0.1) is 10.2 Å². The molecule has 7 heteroatoms. The number of hydrogen-bond acceptors (Lipinski definition) is 6. The molecular weight excluding hydrogens is 342 g/mol. The lowest BCUT2D eigenvalue weighted by Gasteiger charge is -2.31. The van der Waals surface area contributed by atoms with Crippen LogP contribution in [0.5, 0.6) is 0 Å². The van der Waals surface area contributed by atoms with E-state index < -0.39 is 0 Å². The molecule has 0 aliphatic carbocycles. The van der Waals surface area contributed by atoms with Crippen LogP contribution in [0.25, 0.3) is 0 Å².